The lowest BCUT2D eigenvalue weighted by Gasteiger charge is -2.03. The van der Waals surface area contributed by atoms with Crippen LogP contribution in [0.2, 0.25) is 0 Å². The summed E-state index contributed by atoms with van der Waals surface area (Å²) in [6.45, 7) is 4.83. The third-order valence-corrected chi connectivity index (χ3v) is 2.40. The summed E-state index contributed by atoms with van der Waals surface area (Å²) in [5.41, 5.74) is 0.222. The van der Waals surface area contributed by atoms with Crippen LogP contribution < -0.4 is 5.32 Å². The molecule has 12 heavy (non-hydrogen) atoms. The molecule has 1 fully saturated rings. The highest BCUT2D eigenvalue weighted by Gasteiger charge is 2.50. The van der Waals surface area contributed by atoms with E-state index in [-0.39, 0.29) is 17.2 Å². The molecule has 1 amide bonds. The van der Waals surface area contributed by atoms with E-state index in [1.165, 1.54) is 0 Å². The summed E-state index contributed by atoms with van der Waals surface area (Å²) >= 11 is 0. The molecule has 2 heteroatoms. The molecule has 1 N–H and O–H groups in total. The average Bonchev–Trinajstić information content (AvgIpc) is 2.60. The molecule has 1 atom stereocenters. The van der Waals surface area contributed by atoms with E-state index in [2.05, 4.69) is 25.1 Å². The largest absolute Gasteiger partial charge is 0.355 e. The molecule has 2 nitrogen and oxygen atoms in total. The van der Waals surface area contributed by atoms with Crippen LogP contribution in [-0.2, 0) is 4.79 Å². The van der Waals surface area contributed by atoms with Gasteiger partial charge in [-0.25, -0.2) is 0 Å². The molecule has 0 bridgehead atoms. The molecule has 0 aromatic carbocycles. The Balaban J connectivity index is 2.19. The second kappa shape index (κ2) is 3.18. The van der Waals surface area contributed by atoms with Crippen molar-refractivity contribution in [2.24, 2.45) is 11.3 Å². The molecule has 1 rings (SSSR count). The maximum Gasteiger partial charge on any atom is 0.223 e. The third-order valence-electron chi connectivity index (χ3n) is 2.40. The maximum absolute atomic E-state index is 11.3. The first-order valence-electron chi connectivity index (χ1n) is 4.29. The van der Waals surface area contributed by atoms with Crippen molar-refractivity contribution < 1.29 is 4.79 Å². The Labute approximate surface area is 73.7 Å². The van der Waals surface area contributed by atoms with Crippen molar-refractivity contribution in [3.05, 3.63) is 0 Å². The second-order valence-corrected chi connectivity index (χ2v) is 3.99. The van der Waals surface area contributed by atoms with E-state index < -0.39 is 0 Å². The first kappa shape index (κ1) is 9.12. The van der Waals surface area contributed by atoms with Gasteiger partial charge in [-0.1, -0.05) is 13.8 Å². The number of hydrogen-bond donors (Lipinski definition) is 1. The van der Waals surface area contributed by atoms with E-state index in [0.717, 1.165) is 6.42 Å². The third kappa shape index (κ3) is 2.01. The van der Waals surface area contributed by atoms with Crippen molar-refractivity contribution in [2.75, 3.05) is 6.54 Å². The smallest absolute Gasteiger partial charge is 0.223 e. The number of carbonyl (C=O) groups excluding carboxylic acids is 1. The van der Waals surface area contributed by atoms with Gasteiger partial charge in [0.15, 0.2) is 0 Å². The molecule has 1 unspecified atom stereocenters. The van der Waals surface area contributed by atoms with Gasteiger partial charge in [0.05, 0.1) is 0 Å². The number of carbonyl (C=O) groups is 1. The van der Waals surface area contributed by atoms with Gasteiger partial charge in [-0.3, -0.25) is 4.79 Å². The molecule has 1 saturated carbocycles. The van der Waals surface area contributed by atoms with Crippen LogP contribution in [0.1, 0.15) is 26.7 Å². The van der Waals surface area contributed by atoms with Crippen LogP contribution in [0.4, 0.5) is 0 Å². The summed E-state index contributed by atoms with van der Waals surface area (Å²) in [5, 5.41) is 2.82. The van der Waals surface area contributed by atoms with Gasteiger partial charge in [-0.05, 0) is 11.8 Å². The molecule has 66 valence electrons. The summed E-state index contributed by atoms with van der Waals surface area (Å²) in [6.07, 6.45) is 6.69. The molecule has 0 spiro atoms. The highest BCUT2D eigenvalue weighted by molar-refractivity contribution is 5.82. The minimum atomic E-state index is 0.162. The Bertz CT molecular complexity index is 224. The van der Waals surface area contributed by atoms with Crippen LogP contribution in [0.25, 0.3) is 0 Å². The van der Waals surface area contributed by atoms with E-state index in [1.807, 2.05) is 0 Å². The quantitative estimate of drug-likeness (QED) is 0.493. The highest BCUT2D eigenvalue weighted by Crippen LogP contribution is 2.51. The van der Waals surface area contributed by atoms with E-state index in [1.54, 1.807) is 0 Å². The molecule has 0 aliphatic heterocycles. The van der Waals surface area contributed by atoms with E-state index in [4.69, 9.17) is 6.42 Å². The fourth-order valence-electron chi connectivity index (χ4n) is 1.30. The van der Waals surface area contributed by atoms with Crippen molar-refractivity contribution in [1.82, 2.24) is 5.32 Å². The summed E-state index contributed by atoms with van der Waals surface area (Å²) in [7, 11) is 0. The van der Waals surface area contributed by atoms with Gasteiger partial charge in [0.1, 0.15) is 0 Å². The van der Waals surface area contributed by atoms with Gasteiger partial charge in [-0.2, -0.15) is 0 Å². The number of rotatable bonds is 3. The average molecular weight is 165 g/mol. The lowest BCUT2D eigenvalue weighted by Crippen LogP contribution is -2.27. The Morgan fingerprint density at radius 3 is 2.75 bits per heavy atom. The standard InChI is InChI=1S/C10H15NO/c1-4-5-6-11-9(12)8-7-10(8,2)3/h1,8H,5-7H2,2-3H3,(H,11,12). The SMILES string of the molecule is C#CCCNC(=O)C1CC1(C)C. The van der Waals surface area contributed by atoms with Crippen molar-refractivity contribution >= 4 is 5.91 Å². The number of nitrogens with one attached hydrogen (secondary N) is 1. The fourth-order valence-corrected chi connectivity index (χ4v) is 1.30. The fraction of sp³-hybridized carbons (Fsp3) is 0.700. The molecule has 0 aromatic heterocycles. The zero-order valence-corrected chi connectivity index (χ0v) is 7.68. The minimum Gasteiger partial charge on any atom is -0.355 e. The summed E-state index contributed by atoms with van der Waals surface area (Å²) in [5.74, 6) is 2.87. The lowest BCUT2D eigenvalue weighted by atomic mass is 10.1. The van der Waals surface area contributed by atoms with Crippen LogP contribution in [-0.4, -0.2) is 12.5 Å². The van der Waals surface area contributed by atoms with Crippen molar-refractivity contribution in [3.63, 3.8) is 0 Å². The summed E-state index contributed by atoms with van der Waals surface area (Å²) in [6, 6.07) is 0. The minimum absolute atomic E-state index is 0.162. The molecular weight excluding hydrogens is 150 g/mol. The van der Waals surface area contributed by atoms with Crippen LogP contribution in [0, 0.1) is 23.7 Å². The first-order chi connectivity index (χ1) is 5.58. The first-order valence-corrected chi connectivity index (χ1v) is 4.29. The van der Waals surface area contributed by atoms with Gasteiger partial charge < -0.3 is 5.32 Å². The van der Waals surface area contributed by atoms with Crippen molar-refractivity contribution in [3.8, 4) is 12.3 Å². The predicted octanol–water partition coefficient (Wildman–Crippen LogP) is 1.17. The monoisotopic (exact) mass is 165 g/mol. The zero-order chi connectivity index (χ0) is 9.19. The summed E-state index contributed by atoms with van der Waals surface area (Å²) < 4.78 is 0. The number of hydrogen-bond acceptors (Lipinski definition) is 1. The highest BCUT2D eigenvalue weighted by atomic mass is 16.2. The molecule has 0 saturated heterocycles. The van der Waals surface area contributed by atoms with Gasteiger partial charge in [-0.15, -0.1) is 12.3 Å². The molecular formula is C10H15NO. The van der Waals surface area contributed by atoms with Gasteiger partial charge in [0.2, 0.25) is 5.91 Å². The van der Waals surface area contributed by atoms with Crippen molar-refractivity contribution in [1.29, 1.82) is 0 Å². The van der Waals surface area contributed by atoms with E-state index in [0.29, 0.717) is 13.0 Å². The van der Waals surface area contributed by atoms with Crippen molar-refractivity contribution in [2.45, 2.75) is 26.7 Å². The molecule has 0 heterocycles. The zero-order valence-electron chi connectivity index (χ0n) is 7.68. The molecule has 1 aliphatic carbocycles. The number of amides is 1. The Hall–Kier alpha value is -0.970. The molecule has 0 aromatic rings. The Morgan fingerprint density at radius 2 is 2.33 bits per heavy atom. The van der Waals surface area contributed by atoms with E-state index >= 15 is 0 Å². The Morgan fingerprint density at radius 1 is 1.75 bits per heavy atom. The van der Waals surface area contributed by atoms with Crippen LogP contribution >= 0.6 is 0 Å². The molecule has 1 aliphatic rings. The van der Waals surface area contributed by atoms with Gasteiger partial charge in [0, 0.05) is 18.9 Å². The molecule has 0 radical (unpaired) electrons. The normalized spacial score (nSPS) is 24.2. The lowest BCUT2D eigenvalue weighted by molar-refractivity contribution is -0.122. The topological polar surface area (TPSA) is 29.1 Å². The van der Waals surface area contributed by atoms with Gasteiger partial charge >= 0.3 is 0 Å². The van der Waals surface area contributed by atoms with E-state index in [9.17, 15) is 4.79 Å². The number of terminal acetylenes is 1. The maximum atomic E-state index is 11.3. The van der Waals surface area contributed by atoms with Gasteiger partial charge in [0.25, 0.3) is 0 Å². The Kier molecular flexibility index (Phi) is 2.42. The summed E-state index contributed by atoms with van der Waals surface area (Å²) in [4.78, 5) is 11.3. The van der Waals surface area contributed by atoms with Crippen LogP contribution in [0.5, 0.6) is 0 Å². The van der Waals surface area contributed by atoms with Crippen LogP contribution in [0.15, 0.2) is 0 Å². The van der Waals surface area contributed by atoms with Crippen LogP contribution in [0.3, 0.4) is 0 Å². The second-order valence-electron chi connectivity index (χ2n) is 3.99. The predicted molar refractivity (Wildman–Crippen MR) is 48.3 cm³/mol.